The van der Waals surface area contributed by atoms with Crippen LogP contribution in [0.4, 0.5) is 5.82 Å². The second-order valence-corrected chi connectivity index (χ2v) is 11.0. The number of carbonyl (C=O) groups is 2. The highest BCUT2D eigenvalue weighted by Crippen LogP contribution is 2.21. The molecule has 3 heterocycles. The van der Waals surface area contributed by atoms with Gasteiger partial charge in [-0.3, -0.25) is 9.59 Å². The molecule has 182 valence electrons. The van der Waals surface area contributed by atoms with Crippen LogP contribution in [0.5, 0.6) is 0 Å². The summed E-state index contributed by atoms with van der Waals surface area (Å²) in [4.78, 5) is 35.8. The number of hydrogen-bond acceptors (Lipinski definition) is 8. The molecule has 2 amide bonds. The molecule has 2 aromatic rings. The van der Waals surface area contributed by atoms with E-state index in [4.69, 9.17) is 10.7 Å². The molecule has 4 N–H and O–H groups in total. The third-order valence-corrected chi connectivity index (χ3v) is 7.44. The van der Waals surface area contributed by atoms with Gasteiger partial charge in [0.05, 0.1) is 22.7 Å². The van der Waals surface area contributed by atoms with E-state index in [0.29, 0.717) is 18.1 Å². The summed E-state index contributed by atoms with van der Waals surface area (Å²) < 4.78 is 23.4. The first-order chi connectivity index (χ1) is 16.2. The summed E-state index contributed by atoms with van der Waals surface area (Å²) in [6.45, 7) is 2.97. The van der Waals surface area contributed by atoms with Gasteiger partial charge in [-0.15, -0.1) is 0 Å². The first kappa shape index (κ1) is 24.1. The molecule has 0 radical (unpaired) electrons. The minimum absolute atomic E-state index is 0.0192. The van der Waals surface area contributed by atoms with E-state index in [1.807, 2.05) is 0 Å². The number of anilines is 1. The summed E-state index contributed by atoms with van der Waals surface area (Å²) in [5, 5.41) is 6.39. The van der Waals surface area contributed by atoms with Crippen molar-refractivity contribution < 1.29 is 18.0 Å². The van der Waals surface area contributed by atoms with Gasteiger partial charge < -0.3 is 21.3 Å². The fourth-order valence-corrected chi connectivity index (χ4v) is 5.08. The molecule has 2 aliphatic rings. The van der Waals surface area contributed by atoms with Crippen LogP contribution in [0.1, 0.15) is 41.0 Å². The molecule has 0 spiro atoms. The van der Waals surface area contributed by atoms with Crippen LogP contribution in [0, 0.1) is 5.92 Å². The van der Waals surface area contributed by atoms with Gasteiger partial charge in [0.1, 0.15) is 11.5 Å². The number of primary amides is 1. The quantitative estimate of drug-likeness (QED) is 0.505. The van der Waals surface area contributed by atoms with Gasteiger partial charge in [0.25, 0.3) is 5.91 Å². The van der Waals surface area contributed by atoms with E-state index in [-0.39, 0.29) is 34.9 Å². The van der Waals surface area contributed by atoms with Crippen LogP contribution in [0.15, 0.2) is 35.4 Å². The Morgan fingerprint density at radius 2 is 2.00 bits per heavy atom. The third-order valence-electron chi connectivity index (χ3n) is 6.31. The number of amides is 2. The van der Waals surface area contributed by atoms with Crippen molar-refractivity contribution in [3.05, 3.63) is 47.4 Å². The van der Waals surface area contributed by atoms with Crippen LogP contribution in [0.25, 0.3) is 0 Å². The molecule has 0 saturated carbocycles. The Kier molecular flexibility index (Phi) is 7.13. The van der Waals surface area contributed by atoms with Gasteiger partial charge >= 0.3 is 0 Å². The van der Waals surface area contributed by atoms with Crippen LogP contribution < -0.4 is 21.3 Å². The third kappa shape index (κ3) is 5.71. The summed E-state index contributed by atoms with van der Waals surface area (Å²) in [6.07, 6.45) is 5.63. The van der Waals surface area contributed by atoms with Gasteiger partial charge in [0, 0.05) is 38.4 Å². The van der Waals surface area contributed by atoms with Gasteiger partial charge in [-0.1, -0.05) is 12.1 Å². The number of sulfone groups is 1. The minimum Gasteiger partial charge on any atom is -0.364 e. The molecule has 2 atom stereocenters. The van der Waals surface area contributed by atoms with Crippen molar-refractivity contribution >= 4 is 27.5 Å². The Labute approximate surface area is 199 Å². The zero-order chi connectivity index (χ0) is 24.3. The standard InChI is InChI=1S/C23H30N6O4S/c1-34(32,33)18-6-4-15(5-7-18)11-19-21(22(24)30)26-13-20(28-19)29-10-2-3-17(14-29)27-23(31)16-8-9-25-12-16/h4-7,13,16-17,25H,2-3,8-12,14H2,1H3,(H2,24,30)(H,27,31). The van der Waals surface area contributed by atoms with E-state index >= 15 is 0 Å². The van der Waals surface area contributed by atoms with Gasteiger partial charge in [-0.05, 0) is 43.5 Å². The Morgan fingerprint density at radius 1 is 1.24 bits per heavy atom. The number of benzene rings is 1. The predicted molar refractivity (Wildman–Crippen MR) is 127 cm³/mol. The van der Waals surface area contributed by atoms with Crippen LogP contribution in [-0.4, -0.2) is 68.7 Å². The minimum atomic E-state index is -3.30. The molecule has 11 heteroatoms. The normalized spacial score (nSPS) is 20.8. The molecular weight excluding hydrogens is 456 g/mol. The van der Waals surface area contributed by atoms with E-state index < -0.39 is 15.7 Å². The molecule has 2 saturated heterocycles. The van der Waals surface area contributed by atoms with E-state index in [1.54, 1.807) is 18.3 Å². The maximum Gasteiger partial charge on any atom is 0.269 e. The van der Waals surface area contributed by atoms with Crippen LogP contribution in [0.3, 0.4) is 0 Å². The maximum atomic E-state index is 12.5. The summed E-state index contributed by atoms with van der Waals surface area (Å²) >= 11 is 0. The van der Waals surface area contributed by atoms with Crippen LogP contribution in [0.2, 0.25) is 0 Å². The molecule has 1 aromatic heterocycles. The van der Waals surface area contributed by atoms with Gasteiger partial charge in [-0.2, -0.15) is 0 Å². The molecule has 34 heavy (non-hydrogen) atoms. The number of carbonyl (C=O) groups excluding carboxylic acids is 2. The van der Waals surface area contributed by atoms with Crippen LogP contribution >= 0.6 is 0 Å². The average Bonchev–Trinajstić information content (AvgIpc) is 3.34. The topological polar surface area (TPSA) is 147 Å². The van der Waals surface area contributed by atoms with Crippen molar-refractivity contribution in [2.75, 3.05) is 37.3 Å². The lowest BCUT2D eigenvalue weighted by molar-refractivity contribution is -0.125. The number of hydrogen-bond donors (Lipinski definition) is 3. The fourth-order valence-electron chi connectivity index (χ4n) is 4.45. The monoisotopic (exact) mass is 486 g/mol. The predicted octanol–water partition coefficient (Wildman–Crippen LogP) is 0.264. The van der Waals surface area contributed by atoms with Crippen molar-refractivity contribution in [3.63, 3.8) is 0 Å². The molecule has 1 aromatic carbocycles. The highest BCUT2D eigenvalue weighted by molar-refractivity contribution is 7.90. The second-order valence-electron chi connectivity index (χ2n) is 8.96. The number of nitrogens with two attached hydrogens (primary N) is 1. The Morgan fingerprint density at radius 3 is 2.65 bits per heavy atom. The van der Waals surface area contributed by atoms with E-state index in [9.17, 15) is 18.0 Å². The van der Waals surface area contributed by atoms with Crippen molar-refractivity contribution in [1.29, 1.82) is 0 Å². The lowest BCUT2D eigenvalue weighted by Gasteiger charge is -2.34. The number of piperidine rings is 1. The lowest BCUT2D eigenvalue weighted by atomic mass is 10.0. The van der Waals surface area contributed by atoms with Gasteiger partial charge in [-0.25, -0.2) is 18.4 Å². The van der Waals surface area contributed by atoms with E-state index in [1.165, 1.54) is 12.1 Å². The molecule has 2 fully saturated rings. The van der Waals surface area contributed by atoms with Crippen molar-refractivity contribution in [2.45, 2.75) is 36.6 Å². The van der Waals surface area contributed by atoms with Gasteiger partial charge in [0.2, 0.25) is 5.91 Å². The largest absolute Gasteiger partial charge is 0.364 e. The van der Waals surface area contributed by atoms with Gasteiger partial charge in [0.15, 0.2) is 9.84 Å². The number of rotatable bonds is 7. The van der Waals surface area contributed by atoms with E-state index in [0.717, 1.165) is 50.7 Å². The first-order valence-electron chi connectivity index (χ1n) is 11.4. The zero-order valence-corrected chi connectivity index (χ0v) is 20.0. The number of nitrogens with one attached hydrogen (secondary N) is 2. The maximum absolute atomic E-state index is 12.5. The highest BCUT2D eigenvalue weighted by atomic mass is 32.2. The first-order valence-corrected chi connectivity index (χ1v) is 13.3. The highest BCUT2D eigenvalue weighted by Gasteiger charge is 2.28. The van der Waals surface area contributed by atoms with Crippen molar-refractivity contribution in [1.82, 2.24) is 20.6 Å². The number of nitrogens with zero attached hydrogens (tertiary/aromatic N) is 3. The lowest BCUT2D eigenvalue weighted by Crippen LogP contribution is -2.49. The Hall–Kier alpha value is -3.05. The van der Waals surface area contributed by atoms with E-state index in [2.05, 4.69) is 20.5 Å². The second kappa shape index (κ2) is 10.1. The number of aromatic nitrogens is 2. The van der Waals surface area contributed by atoms with Crippen LogP contribution in [-0.2, 0) is 21.1 Å². The molecule has 10 nitrogen and oxygen atoms in total. The zero-order valence-electron chi connectivity index (χ0n) is 19.2. The summed E-state index contributed by atoms with van der Waals surface area (Å²) in [5.74, 6) is 0.0564. The molecule has 4 rings (SSSR count). The fraction of sp³-hybridized carbons (Fsp3) is 0.478. The molecule has 0 aliphatic carbocycles. The Bertz CT molecular complexity index is 1160. The van der Waals surface area contributed by atoms with Crippen molar-refractivity contribution in [2.24, 2.45) is 11.7 Å². The van der Waals surface area contributed by atoms with Crippen molar-refractivity contribution in [3.8, 4) is 0 Å². The Balaban J connectivity index is 1.50. The summed E-state index contributed by atoms with van der Waals surface area (Å²) in [6, 6.07) is 6.47. The smallest absolute Gasteiger partial charge is 0.269 e. The molecular formula is C23H30N6O4S. The molecule has 2 unspecified atom stereocenters. The summed E-state index contributed by atoms with van der Waals surface area (Å²) in [5.41, 5.74) is 6.84. The summed E-state index contributed by atoms with van der Waals surface area (Å²) in [7, 11) is -3.30. The average molecular weight is 487 g/mol. The SMILES string of the molecule is CS(=O)(=O)c1ccc(Cc2nc(N3CCCC(NC(=O)C4CCNC4)C3)cnc2C(N)=O)cc1. The molecule has 0 bridgehead atoms. The molecule has 2 aliphatic heterocycles.